The van der Waals surface area contributed by atoms with Crippen LogP contribution in [0.4, 0.5) is 0 Å². The van der Waals surface area contributed by atoms with E-state index in [2.05, 4.69) is 11.8 Å². The van der Waals surface area contributed by atoms with Gasteiger partial charge >= 0.3 is 5.97 Å². The normalized spacial score (nSPS) is 13.2. The van der Waals surface area contributed by atoms with Crippen LogP contribution in [0.1, 0.15) is 33.6 Å². The Kier molecular flexibility index (Phi) is 9.77. The molecule has 0 aliphatic rings. The maximum atomic E-state index is 11.1. The summed E-state index contributed by atoms with van der Waals surface area (Å²) in [6.45, 7) is 8.40. The molecule has 4 heteroatoms. The summed E-state index contributed by atoms with van der Waals surface area (Å²) in [5.41, 5.74) is 0. The zero-order chi connectivity index (χ0) is 13.1. The van der Waals surface area contributed by atoms with Crippen molar-refractivity contribution in [1.82, 2.24) is 4.90 Å². The highest BCUT2D eigenvalue weighted by atomic mass is 16.5. The standard InChI is InChI=1S/C13H25NO3/c1-4-7-12(15)11-14(6-3)9-10-17-13(16)8-5-2/h5,8,12,15H,4,6-7,9-11H2,1-3H3/b8-5+. The van der Waals surface area contributed by atoms with Crippen molar-refractivity contribution in [3.05, 3.63) is 12.2 Å². The highest BCUT2D eigenvalue weighted by Gasteiger charge is 2.09. The molecule has 0 fully saturated rings. The second kappa shape index (κ2) is 10.3. The predicted octanol–water partition coefficient (Wildman–Crippen LogP) is 1.59. The number of likely N-dealkylation sites (N-methyl/N-ethyl adjacent to an activating group) is 1. The van der Waals surface area contributed by atoms with E-state index in [-0.39, 0.29) is 12.1 Å². The van der Waals surface area contributed by atoms with Crippen molar-refractivity contribution in [3.8, 4) is 0 Å². The molecule has 4 nitrogen and oxygen atoms in total. The van der Waals surface area contributed by atoms with Gasteiger partial charge in [-0.3, -0.25) is 4.90 Å². The third kappa shape index (κ3) is 8.89. The third-order valence-corrected chi connectivity index (χ3v) is 2.49. The number of ether oxygens (including phenoxy) is 1. The van der Waals surface area contributed by atoms with E-state index in [4.69, 9.17) is 4.74 Å². The van der Waals surface area contributed by atoms with Gasteiger partial charge in [0, 0.05) is 19.2 Å². The van der Waals surface area contributed by atoms with Gasteiger partial charge in [0.1, 0.15) is 6.61 Å². The van der Waals surface area contributed by atoms with Gasteiger partial charge in [0.2, 0.25) is 0 Å². The fourth-order valence-electron chi connectivity index (χ4n) is 1.56. The molecular formula is C13H25NO3. The number of esters is 1. The van der Waals surface area contributed by atoms with Gasteiger partial charge in [0.05, 0.1) is 6.10 Å². The molecule has 0 spiro atoms. The second-order valence-electron chi connectivity index (χ2n) is 4.00. The highest BCUT2D eigenvalue weighted by molar-refractivity contribution is 5.81. The average molecular weight is 243 g/mol. The van der Waals surface area contributed by atoms with E-state index < -0.39 is 0 Å². The summed E-state index contributed by atoms with van der Waals surface area (Å²) in [5, 5.41) is 9.68. The Balaban J connectivity index is 3.78. The molecule has 0 rings (SSSR count). The minimum atomic E-state index is -0.308. The first-order valence-electron chi connectivity index (χ1n) is 6.33. The van der Waals surface area contributed by atoms with Gasteiger partial charge in [0.15, 0.2) is 0 Å². The maximum Gasteiger partial charge on any atom is 0.330 e. The quantitative estimate of drug-likeness (QED) is 0.493. The van der Waals surface area contributed by atoms with Crippen LogP contribution in [0.5, 0.6) is 0 Å². The zero-order valence-corrected chi connectivity index (χ0v) is 11.2. The van der Waals surface area contributed by atoms with E-state index in [1.807, 2.05) is 6.92 Å². The van der Waals surface area contributed by atoms with E-state index in [1.165, 1.54) is 6.08 Å². The van der Waals surface area contributed by atoms with Crippen LogP contribution in [0.25, 0.3) is 0 Å². The lowest BCUT2D eigenvalue weighted by Crippen LogP contribution is -2.35. The molecule has 0 aromatic heterocycles. The van der Waals surface area contributed by atoms with Gasteiger partial charge < -0.3 is 9.84 Å². The molecule has 0 saturated carbocycles. The van der Waals surface area contributed by atoms with Gasteiger partial charge in [-0.25, -0.2) is 4.79 Å². The lowest BCUT2D eigenvalue weighted by molar-refractivity contribution is -0.138. The van der Waals surface area contributed by atoms with Crippen molar-refractivity contribution < 1.29 is 14.6 Å². The molecule has 0 aromatic carbocycles. The van der Waals surface area contributed by atoms with Crippen LogP contribution in [-0.2, 0) is 9.53 Å². The van der Waals surface area contributed by atoms with E-state index in [0.717, 1.165) is 19.4 Å². The number of rotatable bonds is 9. The van der Waals surface area contributed by atoms with Crippen LogP contribution in [0.2, 0.25) is 0 Å². The van der Waals surface area contributed by atoms with Crippen molar-refractivity contribution in [2.45, 2.75) is 39.7 Å². The topological polar surface area (TPSA) is 49.8 Å². The van der Waals surface area contributed by atoms with Crippen LogP contribution in [0, 0.1) is 0 Å². The molecular weight excluding hydrogens is 218 g/mol. The summed E-state index contributed by atoms with van der Waals surface area (Å²) in [6, 6.07) is 0. The fourth-order valence-corrected chi connectivity index (χ4v) is 1.56. The van der Waals surface area contributed by atoms with Crippen LogP contribution < -0.4 is 0 Å². The molecule has 0 saturated heterocycles. The fraction of sp³-hybridized carbons (Fsp3) is 0.769. The number of hydrogen-bond acceptors (Lipinski definition) is 4. The predicted molar refractivity (Wildman–Crippen MR) is 68.8 cm³/mol. The van der Waals surface area contributed by atoms with E-state index >= 15 is 0 Å². The van der Waals surface area contributed by atoms with Crippen LogP contribution in [0.3, 0.4) is 0 Å². The lowest BCUT2D eigenvalue weighted by Gasteiger charge is -2.22. The molecule has 1 unspecified atom stereocenters. The Morgan fingerprint density at radius 1 is 1.47 bits per heavy atom. The molecule has 0 aromatic rings. The smallest absolute Gasteiger partial charge is 0.330 e. The van der Waals surface area contributed by atoms with Gasteiger partial charge in [-0.2, -0.15) is 0 Å². The molecule has 1 atom stereocenters. The molecule has 0 radical (unpaired) electrons. The van der Waals surface area contributed by atoms with E-state index in [9.17, 15) is 9.90 Å². The van der Waals surface area contributed by atoms with Crippen molar-refractivity contribution in [1.29, 1.82) is 0 Å². The van der Waals surface area contributed by atoms with Gasteiger partial charge in [-0.15, -0.1) is 0 Å². The summed E-state index contributed by atoms with van der Waals surface area (Å²) in [6.07, 6.45) is 4.57. The number of allylic oxidation sites excluding steroid dienone is 1. The average Bonchev–Trinajstić information content (AvgIpc) is 2.28. The molecule has 17 heavy (non-hydrogen) atoms. The Hall–Kier alpha value is -0.870. The molecule has 0 bridgehead atoms. The molecule has 0 heterocycles. The molecule has 0 aliphatic carbocycles. The number of carbonyl (C=O) groups is 1. The molecule has 100 valence electrons. The molecule has 0 aliphatic heterocycles. The first kappa shape index (κ1) is 16.1. The Morgan fingerprint density at radius 2 is 2.18 bits per heavy atom. The minimum absolute atomic E-state index is 0.286. The van der Waals surface area contributed by atoms with Crippen molar-refractivity contribution in [2.24, 2.45) is 0 Å². The number of aliphatic hydroxyl groups excluding tert-OH is 1. The summed E-state index contributed by atoms with van der Waals surface area (Å²) < 4.78 is 5.01. The van der Waals surface area contributed by atoms with Crippen molar-refractivity contribution in [3.63, 3.8) is 0 Å². The highest BCUT2D eigenvalue weighted by Crippen LogP contribution is 2.00. The van der Waals surface area contributed by atoms with Crippen molar-refractivity contribution >= 4 is 5.97 Å². The monoisotopic (exact) mass is 243 g/mol. The minimum Gasteiger partial charge on any atom is -0.461 e. The van der Waals surface area contributed by atoms with Crippen LogP contribution in [0.15, 0.2) is 12.2 Å². The maximum absolute atomic E-state index is 11.1. The number of hydrogen-bond donors (Lipinski definition) is 1. The van der Waals surface area contributed by atoms with Crippen LogP contribution >= 0.6 is 0 Å². The first-order valence-corrected chi connectivity index (χ1v) is 6.33. The summed E-state index contributed by atoms with van der Waals surface area (Å²) in [5.74, 6) is -0.308. The van der Waals surface area contributed by atoms with E-state index in [1.54, 1.807) is 13.0 Å². The summed E-state index contributed by atoms with van der Waals surface area (Å²) >= 11 is 0. The van der Waals surface area contributed by atoms with Gasteiger partial charge in [0.25, 0.3) is 0 Å². The van der Waals surface area contributed by atoms with Gasteiger partial charge in [-0.1, -0.05) is 26.3 Å². The number of nitrogens with zero attached hydrogens (tertiary/aromatic N) is 1. The Morgan fingerprint density at radius 3 is 2.71 bits per heavy atom. The second-order valence-corrected chi connectivity index (χ2v) is 4.00. The SMILES string of the molecule is C/C=C/C(=O)OCCN(CC)CC(O)CCC. The summed E-state index contributed by atoms with van der Waals surface area (Å²) in [7, 11) is 0. The number of aliphatic hydroxyl groups is 1. The third-order valence-electron chi connectivity index (χ3n) is 2.49. The zero-order valence-electron chi connectivity index (χ0n) is 11.2. The first-order chi connectivity index (χ1) is 8.13. The Bertz CT molecular complexity index is 229. The van der Waals surface area contributed by atoms with Crippen LogP contribution in [-0.4, -0.2) is 48.3 Å². The Labute approximate surface area is 104 Å². The molecule has 0 amide bonds. The largest absolute Gasteiger partial charge is 0.461 e. The van der Waals surface area contributed by atoms with Crippen molar-refractivity contribution in [2.75, 3.05) is 26.2 Å². The number of carbonyl (C=O) groups excluding carboxylic acids is 1. The van der Waals surface area contributed by atoms with E-state index in [0.29, 0.717) is 19.7 Å². The van der Waals surface area contributed by atoms with Gasteiger partial charge in [-0.05, 0) is 19.9 Å². The summed E-state index contributed by atoms with van der Waals surface area (Å²) in [4.78, 5) is 13.1. The molecule has 1 N–H and O–H groups in total. The lowest BCUT2D eigenvalue weighted by atomic mass is 10.2.